The maximum atomic E-state index is 12.5. The molecule has 2 aromatic heterocycles. The highest BCUT2D eigenvalue weighted by molar-refractivity contribution is 7.13. The van der Waals surface area contributed by atoms with Crippen molar-refractivity contribution in [2.45, 2.75) is 45.1 Å². The Morgan fingerprint density at radius 3 is 2.69 bits per heavy atom. The van der Waals surface area contributed by atoms with Crippen LogP contribution in [0.2, 0.25) is 0 Å². The van der Waals surface area contributed by atoms with E-state index in [1.54, 1.807) is 0 Å². The molecular weight excluding hydrogens is 350 g/mol. The van der Waals surface area contributed by atoms with Crippen molar-refractivity contribution in [2.24, 2.45) is 5.92 Å². The van der Waals surface area contributed by atoms with Gasteiger partial charge in [-0.1, -0.05) is 0 Å². The molecule has 1 saturated heterocycles. The van der Waals surface area contributed by atoms with Crippen LogP contribution in [0.3, 0.4) is 0 Å². The average Bonchev–Trinajstić information content (AvgIpc) is 3.25. The minimum atomic E-state index is 0.101. The quantitative estimate of drug-likeness (QED) is 0.874. The molecule has 0 radical (unpaired) electrons. The molecule has 1 aliphatic carbocycles. The van der Waals surface area contributed by atoms with E-state index in [2.05, 4.69) is 10.3 Å². The second-order valence-corrected chi connectivity index (χ2v) is 8.03. The Balaban J connectivity index is 1.27. The third-order valence-corrected chi connectivity index (χ3v) is 5.88. The number of rotatable bonds is 5. The minimum absolute atomic E-state index is 0.101. The zero-order chi connectivity index (χ0) is 18.1. The van der Waals surface area contributed by atoms with Crippen LogP contribution in [-0.4, -0.2) is 40.8 Å². The number of nitrogens with one attached hydrogen (secondary N) is 1. The molecule has 0 aromatic carbocycles. The van der Waals surface area contributed by atoms with Gasteiger partial charge in [0.25, 0.3) is 0 Å². The number of thiazole rings is 1. The van der Waals surface area contributed by atoms with Gasteiger partial charge in [0.15, 0.2) is 10.8 Å². The van der Waals surface area contributed by atoms with Crippen molar-refractivity contribution in [3.8, 4) is 10.8 Å². The Morgan fingerprint density at radius 2 is 2.04 bits per heavy atom. The number of aryl methyl sites for hydroxylation is 1. The normalized spacial score (nSPS) is 18.1. The van der Waals surface area contributed by atoms with Gasteiger partial charge in [-0.15, -0.1) is 11.3 Å². The maximum absolute atomic E-state index is 12.5. The van der Waals surface area contributed by atoms with Crippen molar-refractivity contribution >= 4 is 23.2 Å². The second kappa shape index (κ2) is 7.23. The highest BCUT2D eigenvalue weighted by atomic mass is 32.1. The molecule has 2 aliphatic rings. The van der Waals surface area contributed by atoms with Gasteiger partial charge < -0.3 is 14.6 Å². The fourth-order valence-electron chi connectivity index (χ4n) is 3.26. The van der Waals surface area contributed by atoms with E-state index >= 15 is 0 Å². The van der Waals surface area contributed by atoms with Crippen LogP contribution in [0, 0.1) is 12.8 Å². The number of carbonyl (C=O) groups excluding carboxylic acids is 2. The lowest BCUT2D eigenvalue weighted by Gasteiger charge is -2.32. The predicted octanol–water partition coefficient (Wildman–Crippen LogP) is 2.77. The zero-order valence-electron chi connectivity index (χ0n) is 14.9. The van der Waals surface area contributed by atoms with E-state index in [1.807, 2.05) is 29.3 Å². The molecule has 1 saturated carbocycles. The lowest BCUT2D eigenvalue weighted by Crippen LogP contribution is -2.47. The predicted molar refractivity (Wildman–Crippen MR) is 98.7 cm³/mol. The number of furan rings is 1. The maximum Gasteiger partial charge on any atom is 0.228 e. The lowest BCUT2D eigenvalue weighted by molar-refractivity contribution is -0.131. The molecule has 0 unspecified atom stereocenters. The van der Waals surface area contributed by atoms with Gasteiger partial charge in [0, 0.05) is 30.4 Å². The van der Waals surface area contributed by atoms with E-state index in [4.69, 9.17) is 4.42 Å². The third-order valence-electron chi connectivity index (χ3n) is 4.98. The van der Waals surface area contributed by atoms with E-state index in [0.717, 1.165) is 47.9 Å². The fourth-order valence-corrected chi connectivity index (χ4v) is 4.03. The van der Waals surface area contributed by atoms with E-state index in [9.17, 15) is 9.59 Å². The first-order chi connectivity index (χ1) is 12.6. The molecule has 138 valence electrons. The topological polar surface area (TPSA) is 75.4 Å². The average molecular weight is 373 g/mol. The van der Waals surface area contributed by atoms with Crippen molar-refractivity contribution in [2.75, 3.05) is 13.1 Å². The van der Waals surface area contributed by atoms with E-state index in [0.29, 0.717) is 19.5 Å². The Kier molecular flexibility index (Phi) is 4.80. The van der Waals surface area contributed by atoms with Crippen molar-refractivity contribution in [1.29, 1.82) is 0 Å². The summed E-state index contributed by atoms with van der Waals surface area (Å²) in [5, 5.41) is 5.85. The molecule has 1 N–H and O–H groups in total. The molecule has 2 aromatic rings. The Hall–Kier alpha value is -2.15. The van der Waals surface area contributed by atoms with Gasteiger partial charge in [-0.25, -0.2) is 4.98 Å². The number of likely N-dealkylation sites (tertiary alicyclic amines) is 1. The molecule has 6 nitrogen and oxygen atoms in total. The number of aromatic nitrogens is 1. The number of hydrogen-bond acceptors (Lipinski definition) is 5. The van der Waals surface area contributed by atoms with Gasteiger partial charge in [-0.3, -0.25) is 9.59 Å². The summed E-state index contributed by atoms with van der Waals surface area (Å²) in [5.41, 5.74) is 0.785. The number of amides is 2. The Morgan fingerprint density at radius 1 is 1.27 bits per heavy atom. The van der Waals surface area contributed by atoms with Gasteiger partial charge in [0.1, 0.15) is 5.76 Å². The third kappa shape index (κ3) is 3.98. The van der Waals surface area contributed by atoms with Gasteiger partial charge in [-0.2, -0.15) is 0 Å². The molecule has 2 fully saturated rings. The van der Waals surface area contributed by atoms with E-state index < -0.39 is 0 Å². The molecule has 26 heavy (non-hydrogen) atoms. The van der Waals surface area contributed by atoms with Crippen LogP contribution < -0.4 is 5.32 Å². The van der Waals surface area contributed by atoms with Crippen molar-refractivity contribution in [1.82, 2.24) is 15.2 Å². The number of hydrogen-bond donors (Lipinski definition) is 1. The summed E-state index contributed by atoms with van der Waals surface area (Å²) < 4.78 is 5.59. The molecular formula is C19H23N3O3S. The monoisotopic (exact) mass is 373 g/mol. The summed E-state index contributed by atoms with van der Waals surface area (Å²) in [5.74, 6) is 2.14. The highest BCUT2D eigenvalue weighted by Crippen LogP contribution is 2.29. The molecule has 0 spiro atoms. The zero-order valence-corrected chi connectivity index (χ0v) is 15.7. The summed E-state index contributed by atoms with van der Waals surface area (Å²) >= 11 is 1.50. The second-order valence-electron chi connectivity index (χ2n) is 7.17. The molecule has 1 aliphatic heterocycles. The smallest absolute Gasteiger partial charge is 0.228 e. The van der Waals surface area contributed by atoms with Gasteiger partial charge in [0.2, 0.25) is 11.8 Å². The van der Waals surface area contributed by atoms with Crippen LogP contribution in [0.4, 0.5) is 0 Å². The highest BCUT2D eigenvalue weighted by Gasteiger charge is 2.32. The van der Waals surface area contributed by atoms with Gasteiger partial charge in [0.05, 0.1) is 12.1 Å². The van der Waals surface area contributed by atoms with Crippen LogP contribution in [-0.2, 0) is 16.0 Å². The van der Waals surface area contributed by atoms with E-state index in [-0.39, 0.29) is 23.8 Å². The first-order valence-corrected chi connectivity index (χ1v) is 10.1. The SMILES string of the molecule is Cc1ccc(-c2nc(CC(=O)N3CCC(NC(=O)C4CC4)CC3)cs2)o1. The van der Waals surface area contributed by atoms with Crippen LogP contribution in [0.15, 0.2) is 21.9 Å². The summed E-state index contributed by atoms with van der Waals surface area (Å²) in [6.45, 7) is 3.30. The summed E-state index contributed by atoms with van der Waals surface area (Å²) in [4.78, 5) is 30.8. The molecule has 4 rings (SSSR count). The summed E-state index contributed by atoms with van der Waals surface area (Å²) in [7, 11) is 0. The molecule has 7 heteroatoms. The molecule has 3 heterocycles. The van der Waals surface area contributed by atoms with Crippen molar-refractivity contribution < 1.29 is 14.0 Å². The standard InChI is InChI=1S/C19H23N3O3S/c1-12-2-5-16(25-12)19-21-15(11-26-19)10-17(23)22-8-6-14(7-9-22)20-18(24)13-3-4-13/h2,5,11,13-14H,3-4,6-10H2,1H3,(H,20,24). The summed E-state index contributed by atoms with van der Waals surface area (Å²) in [6, 6.07) is 4.02. The van der Waals surface area contributed by atoms with Crippen molar-refractivity contribution in [3.05, 3.63) is 29.0 Å². The first kappa shape index (κ1) is 17.3. The summed E-state index contributed by atoms with van der Waals surface area (Å²) in [6.07, 6.45) is 4.03. The van der Waals surface area contributed by atoms with Gasteiger partial charge >= 0.3 is 0 Å². The lowest BCUT2D eigenvalue weighted by atomic mass is 10.0. The molecule has 0 atom stereocenters. The van der Waals surface area contributed by atoms with Crippen LogP contribution in [0.5, 0.6) is 0 Å². The first-order valence-electron chi connectivity index (χ1n) is 9.18. The number of nitrogens with zero attached hydrogens (tertiary/aromatic N) is 2. The van der Waals surface area contributed by atoms with Crippen LogP contribution in [0.1, 0.15) is 37.1 Å². The van der Waals surface area contributed by atoms with E-state index in [1.165, 1.54) is 11.3 Å². The van der Waals surface area contributed by atoms with Crippen molar-refractivity contribution in [3.63, 3.8) is 0 Å². The molecule has 2 amide bonds. The fraction of sp³-hybridized carbons (Fsp3) is 0.526. The largest absolute Gasteiger partial charge is 0.459 e. The number of piperidine rings is 1. The molecule has 0 bridgehead atoms. The Bertz CT molecular complexity index is 801. The Labute approximate surface area is 156 Å². The van der Waals surface area contributed by atoms with Gasteiger partial charge in [-0.05, 0) is 44.7 Å². The van der Waals surface area contributed by atoms with Crippen LogP contribution in [0.25, 0.3) is 10.8 Å². The number of carbonyl (C=O) groups is 2. The van der Waals surface area contributed by atoms with Crippen LogP contribution >= 0.6 is 11.3 Å². The minimum Gasteiger partial charge on any atom is -0.459 e.